The van der Waals surface area contributed by atoms with Crippen molar-refractivity contribution in [1.29, 1.82) is 0 Å². The molecule has 2 aromatic rings. The first kappa shape index (κ1) is 22.1. The van der Waals surface area contributed by atoms with Crippen LogP contribution in [-0.4, -0.2) is 46.6 Å². The first-order valence-corrected chi connectivity index (χ1v) is 9.58. The molecule has 0 atom stereocenters. The summed E-state index contributed by atoms with van der Waals surface area (Å²) >= 11 is 0. The fourth-order valence-corrected chi connectivity index (χ4v) is 3.83. The molecule has 164 valence electrons. The van der Waals surface area contributed by atoms with Crippen molar-refractivity contribution in [2.24, 2.45) is 0 Å². The Hall–Kier alpha value is -3.61. The average Bonchev–Trinajstić information content (AvgIpc) is 3.01. The quantitative estimate of drug-likeness (QED) is 0.664. The van der Waals surface area contributed by atoms with E-state index in [1.165, 1.54) is 0 Å². The largest absolute Gasteiger partial charge is 0.493 e. The van der Waals surface area contributed by atoms with Crippen LogP contribution >= 0.6 is 0 Å². The van der Waals surface area contributed by atoms with E-state index in [0.717, 1.165) is 33.4 Å². The number of rotatable bonds is 8. The molecule has 0 fully saturated rings. The Balaban J connectivity index is 2.25. The second-order valence-corrected chi connectivity index (χ2v) is 6.94. The molecule has 0 unspecified atom stereocenters. The third-order valence-corrected chi connectivity index (χ3v) is 5.32. The van der Waals surface area contributed by atoms with Crippen molar-refractivity contribution in [3.8, 4) is 28.7 Å². The topological polar surface area (TPSA) is 83.5 Å². The molecule has 7 nitrogen and oxygen atoms in total. The number of hydrogen-bond acceptors (Lipinski definition) is 6. The highest BCUT2D eigenvalue weighted by molar-refractivity contribution is 6.08. The molecule has 0 bridgehead atoms. The van der Waals surface area contributed by atoms with Gasteiger partial charge in [0.15, 0.2) is 23.0 Å². The van der Waals surface area contributed by atoms with Gasteiger partial charge in [0.2, 0.25) is 5.75 Å². The fraction of sp³-hybridized carbons (Fsp3) is 0.292. The van der Waals surface area contributed by atoms with E-state index in [4.69, 9.17) is 23.7 Å². The Morgan fingerprint density at radius 2 is 1.32 bits per heavy atom. The summed E-state index contributed by atoms with van der Waals surface area (Å²) in [5.41, 5.74) is 5.02. The number of aliphatic carboxylic acids is 1. The lowest BCUT2D eigenvalue weighted by Crippen LogP contribution is -1.98. The van der Waals surface area contributed by atoms with Crippen LogP contribution in [0, 0.1) is 0 Å². The van der Waals surface area contributed by atoms with Crippen molar-refractivity contribution in [1.82, 2.24) is 0 Å². The van der Waals surface area contributed by atoms with Crippen molar-refractivity contribution in [2.75, 3.05) is 35.5 Å². The third-order valence-electron chi connectivity index (χ3n) is 5.32. The van der Waals surface area contributed by atoms with E-state index < -0.39 is 5.97 Å². The van der Waals surface area contributed by atoms with Gasteiger partial charge in [-0.1, -0.05) is 0 Å². The molecule has 1 aliphatic carbocycles. The molecule has 1 N–H and O–H groups in total. The van der Waals surface area contributed by atoms with Gasteiger partial charge in [-0.05, 0) is 70.7 Å². The number of methoxy groups -OCH3 is 5. The van der Waals surface area contributed by atoms with Gasteiger partial charge < -0.3 is 28.8 Å². The lowest BCUT2D eigenvalue weighted by atomic mass is 9.99. The Kier molecular flexibility index (Phi) is 6.44. The summed E-state index contributed by atoms with van der Waals surface area (Å²) < 4.78 is 27.2. The molecule has 3 rings (SSSR count). The van der Waals surface area contributed by atoms with E-state index in [0.29, 0.717) is 28.7 Å². The monoisotopic (exact) mass is 426 g/mol. The molecule has 0 aliphatic heterocycles. The average molecular weight is 426 g/mol. The molecule has 0 aromatic heterocycles. The van der Waals surface area contributed by atoms with Crippen LogP contribution in [0.15, 0.2) is 29.8 Å². The Morgan fingerprint density at radius 1 is 0.806 bits per heavy atom. The molecule has 0 spiro atoms. The highest BCUT2D eigenvalue weighted by Crippen LogP contribution is 2.48. The summed E-state index contributed by atoms with van der Waals surface area (Å²) in [5, 5.41) is 9.46. The molecule has 31 heavy (non-hydrogen) atoms. The zero-order chi connectivity index (χ0) is 22.7. The number of allylic oxidation sites excluding steroid dienone is 2. The first-order valence-electron chi connectivity index (χ1n) is 9.58. The fourth-order valence-electron chi connectivity index (χ4n) is 3.83. The molecular formula is C24H26O7. The summed E-state index contributed by atoms with van der Waals surface area (Å²) in [4.78, 5) is 11.5. The summed E-state index contributed by atoms with van der Waals surface area (Å²) in [5.74, 6) is 1.79. The van der Waals surface area contributed by atoms with Gasteiger partial charge in [-0.25, -0.2) is 0 Å². The number of carboxylic acids is 1. The molecule has 0 amide bonds. The van der Waals surface area contributed by atoms with E-state index in [2.05, 4.69) is 0 Å². The minimum atomic E-state index is -0.899. The predicted octanol–water partition coefficient (Wildman–Crippen LogP) is 4.53. The number of carbonyl (C=O) groups is 1. The number of ether oxygens (including phenoxy) is 5. The van der Waals surface area contributed by atoms with Gasteiger partial charge >= 0.3 is 5.97 Å². The number of benzene rings is 2. The molecule has 0 radical (unpaired) electrons. The summed E-state index contributed by atoms with van der Waals surface area (Å²) in [7, 11) is 7.80. The molecule has 0 saturated carbocycles. The summed E-state index contributed by atoms with van der Waals surface area (Å²) in [6.07, 6.45) is 1.88. The zero-order valence-electron chi connectivity index (χ0n) is 18.5. The lowest BCUT2D eigenvalue weighted by Gasteiger charge is -2.14. The van der Waals surface area contributed by atoms with Crippen LogP contribution in [0.4, 0.5) is 0 Å². The molecule has 0 heterocycles. The third kappa shape index (κ3) is 4.03. The van der Waals surface area contributed by atoms with Crippen LogP contribution in [0.25, 0.3) is 17.2 Å². The van der Waals surface area contributed by atoms with E-state index in [9.17, 15) is 9.90 Å². The number of carboxylic acid groups (broad SMARTS) is 1. The zero-order valence-corrected chi connectivity index (χ0v) is 18.5. The highest BCUT2D eigenvalue weighted by atomic mass is 16.5. The number of hydrogen-bond donors (Lipinski definition) is 1. The Bertz CT molecular complexity index is 1050. The Morgan fingerprint density at radius 3 is 1.77 bits per heavy atom. The lowest BCUT2D eigenvalue weighted by molar-refractivity contribution is -0.135. The van der Waals surface area contributed by atoms with Crippen molar-refractivity contribution >= 4 is 23.2 Å². The van der Waals surface area contributed by atoms with Gasteiger partial charge in [-0.15, -0.1) is 0 Å². The Labute approximate surface area is 181 Å². The molecule has 1 aliphatic rings. The SMILES string of the molecule is COc1cc2c(cc1OC)C(CC(=O)O)=C(C)C2=Cc1cc(OC)c(OC)c(OC)c1. The maximum atomic E-state index is 11.5. The van der Waals surface area contributed by atoms with Crippen molar-refractivity contribution in [3.05, 3.63) is 46.5 Å². The minimum absolute atomic E-state index is 0.0963. The van der Waals surface area contributed by atoms with Crippen LogP contribution in [0.1, 0.15) is 30.0 Å². The normalized spacial score (nSPS) is 13.8. The van der Waals surface area contributed by atoms with Crippen molar-refractivity contribution in [3.63, 3.8) is 0 Å². The van der Waals surface area contributed by atoms with Gasteiger partial charge in [0.1, 0.15) is 0 Å². The van der Waals surface area contributed by atoms with Gasteiger partial charge in [0, 0.05) is 0 Å². The predicted molar refractivity (Wildman–Crippen MR) is 118 cm³/mol. The van der Waals surface area contributed by atoms with Crippen LogP contribution < -0.4 is 23.7 Å². The first-order chi connectivity index (χ1) is 14.9. The second kappa shape index (κ2) is 9.04. The molecule has 0 saturated heterocycles. The smallest absolute Gasteiger partial charge is 0.307 e. The van der Waals surface area contributed by atoms with E-state index >= 15 is 0 Å². The molecule has 7 heteroatoms. The van der Waals surface area contributed by atoms with Gasteiger partial charge in [0.05, 0.1) is 42.0 Å². The van der Waals surface area contributed by atoms with E-state index in [1.54, 1.807) is 35.5 Å². The minimum Gasteiger partial charge on any atom is -0.493 e. The van der Waals surface area contributed by atoms with Crippen molar-refractivity contribution < 1.29 is 33.6 Å². The molecular weight excluding hydrogens is 400 g/mol. The van der Waals surface area contributed by atoms with Crippen molar-refractivity contribution in [2.45, 2.75) is 13.3 Å². The van der Waals surface area contributed by atoms with Gasteiger partial charge in [0.25, 0.3) is 0 Å². The van der Waals surface area contributed by atoms with Crippen LogP contribution in [-0.2, 0) is 4.79 Å². The summed E-state index contributed by atoms with van der Waals surface area (Å²) in [6.45, 7) is 1.92. The second-order valence-electron chi connectivity index (χ2n) is 6.94. The maximum Gasteiger partial charge on any atom is 0.307 e. The van der Waals surface area contributed by atoms with E-state index in [1.807, 2.05) is 37.3 Å². The standard InChI is InChI=1S/C24H26O7/c1-13-15(7-14-8-21(29-4)24(31-6)22(9-14)30-5)17-10-19(27-2)20(28-3)11-18(17)16(13)12-23(25)26/h7-11H,12H2,1-6H3,(H,25,26). The van der Waals surface area contributed by atoms with Gasteiger partial charge in [-0.3, -0.25) is 4.79 Å². The molecule has 2 aromatic carbocycles. The van der Waals surface area contributed by atoms with Crippen LogP contribution in [0.2, 0.25) is 0 Å². The highest BCUT2D eigenvalue weighted by Gasteiger charge is 2.28. The number of fused-ring (bicyclic) bond motifs is 1. The maximum absolute atomic E-state index is 11.5. The van der Waals surface area contributed by atoms with Crippen LogP contribution in [0.3, 0.4) is 0 Å². The van der Waals surface area contributed by atoms with Gasteiger partial charge in [-0.2, -0.15) is 0 Å². The van der Waals surface area contributed by atoms with E-state index in [-0.39, 0.29) is 6.42 Å². The van der Waals surface area contributed by atoms with Crippen LogP contribution in [0.5, 0.6) is 28.7 Å². The summed E-state index contributed by atoms with van der Waals surface area (Å²) in [6, 6.07) is 7.39.